The molecule has 0 radical (unpaired) electrons. The van der Waals surface area contributed by atoms with Gasteiger partial charge in [0.05, 0.1) is 17.1 Å². The number of carbonyl (C=O) groups is 2. The van der Waals surface area contributed by atoms with E-state index in [1.165, 1.54) is 18.1 Å². The van der Waals surface area contributed by atoms with E-state index < -0.39 is 23.1 Å². The lowest BCUT2D eigenvalue weighted by atomic mass is 9.48. The van der Waals surface area contributed by atoms with Gasteiger partial charge in [-0.05, 0) is 98.9 Å². The number of esters is 1. The molecule has 2 aliphatic heterocycles. The molecule has 2 fully saturated rings. The maximum Gasteiger partial charge on any atom is 0.308 e. The minimum atomic E-state index is -1.08. The first kappa shape index (κ1) is 32.4. The van der Waals surface area contributed by atoms with Crippen molar-refractivity contribution in [1.82, 2.24) is 9.80 Å². The molecule has 7 nitrogen and oxygen atoms in total. The van der Waals surface area contributed by atoms with Gasteiger partial charge >= 0.3 is 5.97 Å². The molecule has 48 heavy (non-hydrogen) atoms. The SMILES string of the molecule is CC(=O)Oc1ccc2c3c1O[C@H]1[C@H](N(CC(C)C)C(=O)C#Cc4ccc(C)c(C)c4)CC[C@@]4(O)[C@@H](C2)N(CCc2ccccc2)CC[C@]314. The van der Waals surface area contributed by atoms with Crippen molar-refractivity contribution in [2.45, 2.75) is 95.9 Å². The third-order valence-corrected chi connectivity index (χ3v) is 11.4. The van der Waals surface area contributed by atoms with Crippen LogP contribution in [0.1, 0.15) is 73.4 Å². The van der Waals surface area contributed by atoms with Crippen molar-refractivity contribution in [2.75, 3.05) is 19.6 Å². The highest BCUT2D eigenvalue weighted by Crippen LogP contribution is 2.66. The summed E-state index contributed by atoms with van der Waals surface area (Å²) in [6.07, 6.45) is 2.88. The van der Waals surface area contributed by atoms with Crippen LogP contribution in [0.15, 0.2) is 60.7 Å². The summed E-state index contributed by atoms with van der Waals surface area (Å²) >= 11 is 0. The number of rotatable bonds is 7. The summed E-state index contributed by atoms with van der Waals surface area (Å²) in [4.78, 5) is 30.7. The molecular formula is C41H46N2O5. The summed E-state index contributed by atoms with van der Waals surface area (Å²) in [5.41, 5.74) is 4.68. The van der Waals surface area contributed by atoms with Gasteiger partial charge in [0.25, 0.3) is 5.91 Å². The summed E-state index contributed by atoms with van der Waals surface area (Å²) in [6.45, 7) is 11.9. The zero-order valence-electron chi connectivity index (χ0n) is 28.7. The molecule has 0 aromatic heterocycles. The van der Waals surface area contributed by atoms with E-state index in [9.17, 15) is 14.7 Å². The highest BCUT2D eigenvalue weighted by molar-refractivity contribution is 5.94. The van der Waals surface area contributed by atoms with Crippen molar-refractivity contribution in [1.29, 1.82) is 0 Å². The van der Waals surface area contributed by atoms with E-state index in [4.69, 9.17) is 9.47 Å². The van der Waals surface area contributed by atoms with E-state index in [1.54, 1.807) is 0 Å². The van der Waals surface area contributed by atoms with Crippen molar-refractivity contribution >= 4 is 11.9 Å². The fourth-order valence-electron chi connectivity index (χ4n) is 9.11. The van der Waals surface area contributed by atoms with Gasteiger partial charge in [-0.15, -0.1) is 0 Å². The quantitative estimate of drug-likeness (QED) is 0.207. The Bertz CT molecular complexity index is 1810. The summed E-state index contributed by atoms with van der Waals surface area (Å²) in [5, 5.41) is 13.1. The van der Waals surface area contributed by atoms with Crippen LogP contribution >= 0.6 is 0 Å². The second kappa shape index (κ2) is 12.4. The van der Waals surface area contributed by atoms with Crippen LogP contribution in [0.3, 0.4) is 0 Å². The third kappa shape index (κ3) is 5.30. The van der Waals surface area contributed by atoms with Gasteiger partial charge in [-0.3, -0.25) is 14.5 Å². The first-order valence-corrected chi connectivity index (χ1v) is 17.4. The first-order chi connectivity index (χ1) is 23.0. The van der Waals surface area contributed by atoms with Gasteiger partial charge in [-0.1, -0.05) is 62.2 Å². The Morgan fingerprint density at radius 2 is 1.88 bits per heavy atom. The van der Waals surface area contributed by atoms with Crippen LogP contribution in [-0.4, -0.2) is 70.2 Å². The summed E-state index contributed by atoms with van der Waals surface area (Å²) < 4.78 is 12.7. The molecule has 2 aliphatic carbocycles. The van der Waals surface area contributed by atoms with Crippen molar-refractivity contribution in [3.05, 3.63) is 94.0 Å². The number of amides is 1. The van der Waals surface area contributed by atoms with E-state index in [1.807, 2.05) is 48.2 Å². The number of benzene rings is 3. The zero-order chi connectivity index (χ0) is 33.8. The Hall–Kier alpha value is -4.12. The topological polar surface area (TPSA) is 79.3 Å². The Balaban J connectivity index is 1.28. The molecule has 3 aromatic carbocycles. The fraction of sp³-hybridized carbons (Fsp3) is 0.463. The van der Waals surface area contributed by atoms with Gasteiger partial charge in [0.15, 0.2) is 11.5 Å². The normalized spacial score (nSPS) is 26.6. The van der Waals surface area contributed by atoms with E-state index in [-0.39, 0.29) is 23.9 Å². The minimum absolute atomic E-state index is 0.0983. The number of piperidine rings is 1. The molecule has 1 saturated carbocycles. The Morgan fingerprint density at radius 3 is 2.60 bits per heavy atom. The summed E-state index contributed by atoms with van der Waals surface area (Å²) in [5.74, 6) is 6.57. The lowest BCUT2D eigenvalue weighted by Crippen LogP contribution is -2.78. The maximum atomic E-state index is 14.1. The minimum Gasteiger partial charge on any atom is -0.483 e. The number of aliphatic hydroxyl groups is 1. The molecule has 5 atom stereocenters. The van der Waals surface area contributed by atoms with Gasteiger partial charge in [0.2, 0.25) is 0 Å². The van der Waals surface area contributed by atoms with E-state index >= 15 is 0 Å². The van der Waals surface area contributed by atoms with Crippen LogP contribution in [-0.2, 0) is 27.8 Å². The van der Waals surface area contributed by atoms with Crippen LogP contribution in [0.5, 0.6) is 11.5 Å². The number of nitrogens with zero attached hydrogens (tertiary/aromatic N) is 2. The van der Waals surface area contributed by atoms with E-state index in [0.717, 1.165) is 41.8 Å². The molecule has 4 aliphatic rings. The maximum absolute atomic E-state index is 14.1. The highest BCUT2D eigenvalue weighted by atomic mass is 16.6. The van der Waals surface area contributed by atoms with Crippen LogP contribution in [0.2, 0.25) is 0 Å². The van der Waals surface area contributed by atoms with Gasteiger partial charge < -0.3 is 19.5 Å². The highest BCUT2D eigenvalue weighted by Gasteiger charge is 2.73. The molecule has 1 spiro atoms. The molecule has 7 rings (SSSR count). The monoisotopic (exact) mass is 646 g/mol. The van der Waals surface area contributed by atoms with Crippen LogP contribution in [0.25, 0.3) is 0 Å². The largest absolute Gasteiger partial charge is 0.483 e. The zero-order valence-corrected chi connectivity index (χ0v) is 28.7. The fourth-order valence-corrected chi connectivity index (χ4v) is 9.11. The Labute approximate surface area is 284 Å². The summed E-state index contributed by atoms with van der Waals surface area (Å²) in [7, 11) is 0. The molecule has 2 bridgehead atoms. The predicted molar refractivity (Wildman–Crippen MR) is 185 cm³/mol. The number of carbonyl (C=O) groups excluding carboxylic acids is 2. The second-order valence-corrected chi connectivity index (χ2v) is 14.7. The molecule has 1 N–H and O–H groups in total. The third-order valence-electron chi connectivity index (χ3n) is 11.4. The number of hydrogen-bond acceptors (Lipinski definition) is 6. The average Bonchev–Trinajstić information content (AvgIpc) is 3.41. The van der Waals surface area contributed by atoms with Crippen molar-refractivity contribution < 1.29 is 24.2 Å². The van der Waals surface area contributed by atoms with Crippen LogP contribution in [0, 0.1) is 31.6 Å². The van der Waals surface area contributed by atoms with Gasteiger partial charge in [0, 0.05) is 43.1 Å². The lowest BCUT2D eigenvalue weighted by Gasteiger charge is -2.64. The van der Waals surface area contributed by atoms with Crippen molar-refractivity contribution in [3.63, 3.8) is 0 Å². The number of hydrogen-bond donors (Lipinski definition) is 1. The van der Waals surface area contributed by atoms with Crippen LogP contribution < -0.4 is 9.47 Å². The predicted octanol–water partition coefficient (Wildman–Crippen LogP) is 5.53. The number of aryl methyl sites for hydroxylation is 2. The van der Waals surface area contributed by atoms with Gasteiger partial charge in [-0.25, -0.2) is 0 Å². The van der Waals surface area contributed by atoms with Gasteiger partial charge in [-0.2, -0.15) is 0 Å². The van der Waals surface area contributed by atoms with Gasteiger partial charge in [0.1, 0.15) is 6.10 Å². The molecule has 1 saturated heterocycles. The Morgan fingerprint density at radius 1 is 1.08 bits per heavy atom. The Kier molecular flexibility index (Phi) is 8.38. The number of likely N-dealkylation sites (tertiary alicyclic amines) is 1. The van der Waals surface area contributed by atoms with E-state index in [0.29, 0.717) is 43.7 Å². The first-order valence-electron chi connectivity index (χ1n) is 17.4. The molecular weight excluding hydrogens is 600 g/mol. The number of ether oxygens (including phenoxy) is 2. The average molecular weight is 647 g/mol. The van der Waals surface area contributed by atoms with E-state index in [2.05, 4.69) is 61.8 Å². The molecule has 7 heteroatoms. The molecule has 1 amide bonds. The second-order valence-electron chi connectivity index (χ2n) is 14.7. The van der Waals surface area contributed by atoms with Crippen molar-refractivity contribution in [2.24, 2.45) is 5.92 Å². The molecule has 3 aromatic rings. The molecule has 250 valence electrons. The molecule has 2 heterocycles. The van der Waals surface area contributed by atoms with Crippen LogP contribution in [0.4, 0.5) is 0 Å². The standard InChI is InChI=1S/C41H46N2O5/c1-26(2)25-43(36(45)16-13-31-12-11-27(3)28(4)23-31)33-17-19-41(46)35-24-32-14-15-34(47-29(5)44)38-37(32)40(41,39(33)48-38)20-22-42(35)21-18-30-9-7-6-8-10-30/h6-12,14-15,23,26,33,35,39,46H,17-22,24-25H2,1-5H3/t33-,35-,39+,40+,41-/m1/s1. The smallest absolute Gasteiger partial charge is 0.308 e. The lowest BCUT2D eigenvalue weighted by molar-refractivity contribution is -0.200. The summed E-state index contributed by atoms with van der Waals surface area (Å²) in [6, 6.07) is 20.0. The molecule has 0 unspecified atom stereocenters. The van der Waals surface area contributed by atoms with Crippen molar-refractivity contribution in [3.8, 4) is 23.3 Å².